The van der Waals surface area contributed by atoms with Crippen LogP contribution in [0, 0.1) is 17.8 Å². The zero-order valence-corrected chi connectivity index (χ0v) is 18.4. The minimum atomic E-state index is -0.430. The molecule has 3 atom stereocenters. The highest BCUT2D eigenvalue weighted by atomic mass is 16.5. The maximum absolute atomic E-state index is 10.5. The maximum Gasteiger partial charge on any atom is 0.119 e. The van der Waals surface area contributed by atoms with Crippen LogP contribution >= 0.6 is 0 Å². The summed E-state index contributed by atoms with van der Waals surface area (Å²) in [5.74, 6) is 3.84. The van der Waals surface area contributed by atoms with Gasteiger partial charge in [-0.3, -0.25) is 4.90 Å². The fraction of sp³-hybridized carbons (Fsp3) is 0.769. The van der Waals surface area contributed by atoms with Crippen LogP contribution in [0.3, 0.4) is 0 Å². The van der Waals surface area contributed by atoms with Gasteiger partial charge in [0, 0.05) is 18.6 Å². The Morgan fingerprint density at radius 1 is 0.966 bits per heavy atom. The van der Waals surface area contributed by atoms with E-state index in [-0.39, 0.29) is 0 Å². The second-order valence-electron chi connectivity index (χ2n) is 11.0. The number of β-amino-alcohol motifs (C(OH)–C–C–N with tert-alkyl or cyclic N) is 1. The molecule has 1 aromatic carbocycles. The Balaban J connectivity index is 1.17. The molecule has 4 bridgehead atoms. The van der Waals surface area contributed by atoms with Crippen LogP contribution in [0.25, 0.3) is 0 Å². The van der Waals surface area contributed by atoms with Crippen LogP contribution in [-0.4, -0.2) is 41.3 Å². The second kappa shape index (κ2) is 7.89. The van der Waals surface area contributed by atoms with Gasteiger partial charge < -0.3 is 9.84 Å². The number of rotatable bonds is 6. The van der Waals surface area contributed by atoms with Crippen LogP contribution in [0.1, 0.15) is 77.2 Å². The van der Waals surface area contributed by atoms with Crippen molar-refractivity contribution in [3.05, 3.63) is 29.8 Å². The third kappa shape index (κ3) is 3.97. The van der Waals surface area contributed by atoms with Crippen molar-refractivity contribution >= 4 is 0 Å². The Morgan fingerprint density at radius 2 is 1.52 bits per heavy atom. The summed E-state index contributed by atoms with van der Waals surface area (Å²) in [5.41, 5.74) is 1.99. The van der Waals surface area contributed by atoms with Gasteiger partial charge in [-0.15, -0.1) is 0 Å². The highest BCUT2D eigenvalue weighted by Crippen LogP contribution is 2.60. The number of ether oxygens (including phenoxy) is 1. The Kier molecular flexibility index (Phi) is 5.41. The van der Waals surface area contributed by atoms with Crippen molar-refractivity contribution in [3.63, 3.8) is 0 Å². The maximum atomic E-state index is 10.5. The summed E-state index contributed by atoms with van der Waals surface area (Å²) in [6.07, 6.45) is 12.1. The Bertz CT molecular complexity index is 654. The Morgan fingerprint density at radius 3 is 2.07 bits per heavy atom. The number of nitrogens with zero attached hydrogens (tertiary/aromatic N) is 1. The largest absolute Gasteiger partial charge is 0.491 e. The molecule has 0 amide bonds. The molecule has 29 heavy (non-hydrogen) atoms. The summed E-state index contributed by atoms with van der Waals surface area (Å²) in [5, 5.41) is 10.5. The van der Waals surface area contributed by atoms with E-state index in [0.29, 0.717) is 30.7 Å². The van der Waals surface area contributed by atoms with Crippen molar-refractivity contribution in [1.29, 1.82) is 0 Å². The standard InChI is InChI=1S/C26H39NO2/c1-18-4-3-5-19(2)27(18)16-24(28)17-29-25-8-6-23(7-9-25)26-13-20-10-21(14-26)12-22(11-20)15-26/h6-9,18-22,24,28H,3-5,10-17H2,1-2H3/t18-,19-,20?,21?,22?,24-,26?/m0/s1. The molecule has 3 heteroatoms. The molecule has 0 unspecified atom stereocenters. The van der Waals surface area contributed by atoms with Crippen molar-refractivity contribution in [3.8, 4) is 5.75 Å². The third-order valence-corrected chi connectivity index (χ3v) is 8.74. The SMILES string of the molecule is C[C@H]1CCC[C@H](C)N1C[C@H](O)COc1ccc(C23CC4CC(CC(C4)C2)C3)cc1. The molecule has 6 rings (SSSR count). The van der Waals surface area contributed by atoms with Crippen molar-refractivity contribution < 1.29 is 9.84 Å². The lowest BCUT2D eigenvalue weighted by Gasteiger charge is -2.57. The van der Waals surface area contributed by atoms with E-state index in [4.69, 9.17) is 4.74 Å². The first-order valence-corrected chi connectivity index (χ1v) is 12.2. The van der Waals surface area contributed by atoms with E-state index in [1.165, 1.54) is 57.8 Å². The lowest BCUT2D eigenvalue weighted by molar-refractivity contribution is -0.00524. The number of hydrogen-bond donors (Lipinski definition) is 1. The smallest absolute Gasteiger partial charge is 0.119 e. The molecular formula is C26H39NO2. The first-order chi connectivity index (χ1) is 14.0. The fourth-order valence-corrected chi connectivity index (χ4v) is 7.69. The average molecular weight is 398 g/mol. The topological polar surface area (TPSA) is 32.7 Å². The van der Waals surface area contributed by atoms with E-state index in [1.54, 1.807) is 5.56 Å². The molecule has 0 spiro atoms. The summed E-state index contributed by atoms with van der Waals surface area (Å²) in [7, 11) is 0. The summed E-state index contributed by atoms with van der Waals surface area (Å²) in [6.45, 7) is 5.67. The molecule has 4 aliphatic carbocycles. The minimum absolute atomic E-state index is 0.382. The Labute approximate surface area is 176 Å². The van der Waals surface area contributed by atoms with Crippen molar-refractivity contribution in [1.82, 2.24) is 4.90 Å². The van der Waals surface area contributed by atoms with E-state index < -0.39 is 6.10 Å². The van der Waals surface area contributed by atoms with Gasteiger partial charge in [0.05, 0.1) is 0 Å². The van der Waals surface area contributed by atoms with Gasteiger partial charge in [-0.2, -0.15) is 0 Å². The predicted octanol–water partition coefficient (Wildman–Crippen LogP) is 5.16. The van der Waals surface area contributed by atoms with Crippen LogP contribution < -0.4 is 4.74 Å². The monoisotopic (exact) mass is 397 g/mol. The van der Waals surface area contributed by atoms with Gasteiger partial charge in [0.2, 0.25) is 0 Å². The molecule has 5 fully saturated rings. The van der Waals surface area contributed by atoms with Gasteiger partial charge in [-0.25, -0.2) is 0 Å². The van der Waals surface area contributed by atoms with Crippen molar-refractivity contribution in [2.45, 2.75) is 95.2 Å². The quantitative estimate of drug-likeness (QED) is 0.720. The van der Waals surface area contributed by atoms with Crippen LogP contribution in [0.5, 0.6) is 5.75 Å². The molecule has 3 nitrogen and oxygen atoms in total. The molecule has 1 aliphatic heterocycles. The van der Waals surface area contributed by atoms with Crippen LogP contribution in [0.2, 0.25) is 0 Å². The molecule has 0 radical (unpaired) electrons. The number of likely N-dealkylation sites (tertiary alicyclic amines) is 1. The van der Waals surface area contributed by atoms with E-state index in [9.17, 15) is 5.11 Å². The number of aliphatic hydroxyl groups excluding tert-OH is 1. The molecular weight excluding hydrogens is 358 g/mol. The molecule has 1 aromatic rings. The molecule has 1 heterocycles. The third-order valence-electron chi connectivity index (χ3n) is 8.74. The summed E-state index contributed by atoms with van der Waals surface area (Å²) in [6, 6.07) is 10.1. The normalized spacial score (nSPS) is 40.2. The second-order valence-corrected chi connectivity index (χ2v) is 11.0. The van der Waals surface area contributed by atoms with Gasteiger partial charge in [0.25, 0.3) is 0 Å². The van der Waals surface area contributed by atoms with Gasteiger partial charge in [-0.1, -0.05) is 18.6 Å². The fourth-order valence-electron chi connectivity index (χ4n) is 7.69. The summed E-state index contributed by atoms with van der Waals surface area (Å²) < 4.78 is 5.98. The number of aliphatic hydroxyl groups is 1. The van der Waals surface area contributed by atoms with Crippen LogP contribution in [0.4, 0.5) is 0 Å². The van der Waals surface area contributed by atoms with Gasteiger partial charge in [0.1, 0.15) is 18.5 Å². The molecule has 1 saturated heterocycles. The highest BCUT2D eigenvalue weighted by molar-refractivity contribution is 5.34. The highest BCUT2D eigenvalue weighted by Gasteiger charge is 2.51. The number of piperidine rings is 1. The molecule has 4 saturated carbocycles. The number of benzene rings is 1. The zero-order valence-electron chi connectivity index (χ0n) is 18.4. The van der Waals surface area contributed by atoms with E-state index in [0.717, 1.165) is 23.5 Å². The first kappa shape index (κ1) is 19.9. The van der Waals surface area contributed by atoms with Crippen molar-refractivity contribution in [2.24, 2.45) is 17.8 Å². The Hall–Kier alpha value is -1.06. The van der Waals surface area contributed by atoms with Crippen molar-refractivity contribution in [2.75, 3.05) is 13.2 Å². The van der Waals surface area contributed by atoms with Crippen LogP contribution in [0.15, 0.2) is 24.3 Å². The van der Waals surface area contributed by atoms with Gasteiger partial charge in [-0.05, 0) is 106 Å². The summed E-state index contributed by atoms with van der Waals surface area (Å²) >= 11 is 0. The molecule has 0 aromatic heterocycles. The summed E-state index contributed by atoms with van der Waals surface area (Å²) in [4.78, 5) is 2.45. The lowest BCUT2D eigenvalue weighted by Crippen LogP contribution is -2.48. The zero-order chi connectivity index (χ0) is 20.0. The number of hydrogen-bond acceptors (Lipinski definition) is 3. The predicted molar refractivity (Wildman–Crippen MR) is 117 cm³/mol. The van der Waals surface area contributed by atoms with E-state index >= 15 is 0 Å². The lowest BCUT2D eigenvalue weighted by atomic mass is 9.48. The van der Waals surface area contributed by atoms with Crippen LogP contribution in [-0.2, 0) is 5.41 Å². The van der Waals surface area contributed by atoms with E-state index in [2.05, 4.69) is 43.0 Å². The molecule has 160 valence electrons. The molecule has 1 N–H and O–H groups in total. The molecule has 5 aliphatic rings. The average Bonchev–Trinajstić information content (AvgIpc) is 2.69. The first-order valence-electron chi connectivity index (χ1n) is 12.2. The van der Waals surface area contributed by atoms with Gasteiger partial charge >= 0.3 is 0 Å². The minimum Gasteiger partial charge on any atom is -0.491 e. The van der Waals surface area contributed by atoms with E-state index in [1.807, 2.05) is 0 Å². The van der Waals surface area contributed by atoms with Gasteiger partial charge in [0.15, 0.2) is 0 Å².